The highest BCUT2D eigenvalue weighted by Gasteiger charge is 2.29. The van der Waals surface area contributed by atoms with Crippen LogP contribution in [0.1, 0.15) is 25.8 Å². The summed E-state index contributed by atoms with van der Waals surface area (Å²) in [6.45, 7) is 3.26. The number of hydrogen-bond acceptors (Lipinski definition) is 4. The fraction of sp³-hybridized carbons (Fsp3) is 0.462. The number of rotatable bonds is 6. The summed E-state index contributed by atoms with van der Waals surface area (Å²) in [6, 6.07) is 5.83. The van der Waals surface area contributed by atoms with Gasteiger partial charge in [-0.2, -0.15) is 0 Å². The number of carbonyl (C=O) groups is 1. The first kappa shape index (κ1) is 15.1. The number of carboxylic acids is 1. The van der Waals surface area contributed by atoms with E-state index in [-0.39, 0.29) is 11.7 Å². The smallest absolute Gasteiger partial charge is 0.309 e. The standard InChI is InChI=1S/C13H18N2O4/c1-13(2,12(16)17)8-10(14)7-9-3-5-11(6-4-9)15(18)19/h3-6,10H,7-8,14H2,1-2H3,(H,16,17)/t10-/m1/s1. The summed E-state index contributed by atoms with van der Waals surface area (Å²) in [4.78, 5) is 21.0. The van der Waals surface area contributed by atoms with Crippen LogP contribution < -0.4 is 5.73 Å². The molecule has 104 valence electrons. The monoisotopic (exact) mass is 266 g/mol. The average Bonchev–Trinajstić information content (AvgIpc) is 2.28. The van der Waals surface area contributed by atoms with Gasteiger partial charge in [0, 0.05) is 18.2 Å². The number of nitro benzene ring substituents is 1. The molecular weight excluding hydrogens is 248 g/mol. The fourth-order valence-corrected chi connectivity index (χ4v) is 1.87. The van der Waals surface area contributed by atoms with E-state index in [2.05, 4.69) is 0 Å². The van der Waals surface area contributed by atoms with E-state index >= 15 is 0 Å². The lowest BCUT2D eigenvalue weighted by Crippen LogP contribution is -2.34. The summed E-state index contributed by atoms with van der Waals surface area (Å²) in [5.41, 5.74) is 5.95. The number of nitrogens with two attached hydrogens (primary N) is 1. The molecule has 0 spiro atoms. The van der Waals surface area contributed by atoms with Crippen LogP contribution in [0.5, 0.6) is 0 Å². The number of carboxylic acid groups (broad SMARTS) is 1. The van der Waals surface area contributed by atoms with Crippen molar-refractivity contribution in [2.75, 3.05) is 0 Å². The van der Waals surface area contributed by atoms with Crippen LogP contribution in [0.2, 0.25) is 0 Å². The number of hydrogen-bond donors (Lipinski definition) is 2. The molecule has 0 aliphatic heterocycles. The van der Waals surface area contributed by atoms with Gasteiger partial charge < -0.3 is 10.8 Å². The van der Waals surface area contributed by atoms with Crippen LogP contribution in [0.3, 0.4) is 0 Å². The zero-order valence-corrected chi connectivity index (χ0v) is 11.0. The first-order valence-electron chi connectivity index (χ1n) is 5.94. The Morgan fingerprint density at radius 2 is 1.95 bits per heavy atom. The van der Waals surface area contributed by atoms with E-state index in [0.717, 1.165) is 5.56 Å². The molecule has 1 rings (SSSR count). The highest BCUT2D eigenvalue weighted by Crippen LogP contribution is 2.23. The molecule has 1 aromatic carbocycles. The molecule has 0 saturated carbocycles. The molecule has 0 aromatic heterocycles. The summed E-state index contributed by atoms with van der Waals surface area (Å²) < 4.78 is 0. The van der Waals surface area contributed by atoms with Gasteiger partial charge >= 0.3 is 5.97 Å². The molecule has 0 fully saturated rings. The van der Waals surface area contributed by atoms with Gasteiger partial charge in [-0.1, -0.05) is 12.1 Å². The van der Waals surface area contributed by atoms with E-state index in [1.807, 2.05) is 0 Å². The van der Waals surface area contributed by atoms with Crippen molar-refractivity contribution >= 4 is 11.7 Å². The topological polar surface area (TPSA) is 106 Å². The average molecular weight is 266 g/mol. The predicted molar refractivity (Wildman–Crippen MR) is 70.8 cm³/mol. The highest BCUT2D eigenvalue weighted by atomic mass is 16.6. The first-order valence-corrected chi connectivity index (χ1v) is 5.94. The van der Waals surface area contributed by atoms with Crippen LogP contribution in [-0.4, -0.2) is 22.0 Å². The van der Waals surface area contributed by atoms with Crippen molar-refractivity contribution < 1.29 is 14.8 Å². The van der Waals surface area contributed by atoms with E-state index < -0.39 is 16.3 Å². The summed E-state index contributed by atoms with van der Waals surface area (Å²) in [5, 5.41) is 19.5. The van der Waals surface area contributed by atoms with Crippen molar-refractivity contribution in [3.05, 3.63) is 39.9 Å². The Bertz CT molecular complexity index is 468. The Balaban J connectivity index is 2.64. The number of nitrogens with zero attached hydrogens (tertiary/aromatic N) is 1. The van der Waals surface area contributed by atoms with Gasteiger partial charge in [-0.25, -0.2) is 0 Å². The summed E-state index contributed by atoms with van der Waals surface area (Å²) in [5.74, 6) is -0.883. The second-order valence-electron chi connectivity index (χ2n) is 5.28. The first-order chi connectivity index (χ1) is 8.72. The van der Waals surface area contributed by atoms with Crippen molar-refractivity contribution in [1.82, 2.24) is 0 Å². The minimum atomic E-state index is -0.883. The molecule has 1 atom stereocenters. The van der Waals surface area contributed by atoms with E-state index in [9.17, 15) is 14.9 Å². The van der Waals surface area contributed by atoms with Crippen molar-refractivity contribution in [1.29, 1.82) is 0 Å². The summed E-state index contributed by atoms with van der Waals surface area (Å²) in [6.07, 6.45) is 0.841. The molecule has 3 N–H and O–H groups in total. The highest BCUT2D eigenvalue weighted by molar-refractivity contribution is 5.73. The fourth-order valence-electron chi connectivity index (χ4n) is 1.87. The van der Waals surface area contributed by atoms with Crippen LogP contribution in [0, 0.1) is 15.5 Å². The number of benzene rings is 1. The largest absolute Gasteiger partial charge is 0.481 e. The van der Waals surface area contributed by atoms with Crippen molar-refractivity contribution in [3.8, 4) is 0 Å². The molecule has 0 aliphatic rings. The van der Waals surface area contributed by atoms with E-state index in [0.29, 0.717) is 12.8 Å². The number of nitro groups is 1. The molecule has 0 radical (unpaired) electrons. The Morgan fingerprint density at radius 3 is 2.37 bits per heavy atom. The van der Waals surface area contributed by atoms with Gasteiger partial charge in [0.15, 0.2) is 0 Å². The summed E-state index contributed by atoms with van der Waals surface area (Å²) in [7, 11) is 0. The third kappa shape index (κ3) is 4.33. The molecule has 0 aliphatic carbocycles. The van der Waals surface area contributed by atoms with E-state index in [1.54, 1.807) is 26.0 Å². The van der Waals surface area contributed by atoms with Gasteiger partial charge in [0.25, 0.3) is 5.69 Å². The lowest BCUT2D eigenvalue weighted by atomic mass is 9.84. The second-order valence-corrected chi connectivity index (χ2v) is 5.28. The molecule has 0 bridgehead atoms. The van der Waals surface area contributed by atoms with Crippen molar-refractivity contribution in [3.63, 3.8) is 0 Å². The molecule has 0 unspecified atom stereocenters. The zero-order chi connectivity index (χ0) is 14.6. The maximum atomic E-state index is 11.0. The third-order valence-corrected chi connectivity index (χ3v) is 3.00. The minimum Gasteiger partial charge on any atom is -0.481 e. The molecule has 0 heterocycles. The van der Waals surface area contributed by atoms with Crippen LogP contribution in [0.15, 0.2) is 24.3 Å². The van der Waals surface area contributed by atoms with Crippen LogP contribution in [0.25, 0.3) is 0 Å². The number of aliphatic carboxylic acids is 1. The molecule has 0 saturated heterocycles. The van der Waals surface area contributed by atoms with Crippen LogP contribution in [-0.2, 0) is 11.2 Å². The second kappa shape index (κ2) is 5.79. The molecule has 1 aromatic rings. The normalized spacial score (nSPS) is 13.0. The lowest BCUT2D eigenvalue weighted by molar-refractivity contribution is -0.384. The molecular formula is C13H18N2O4. The van der Waals surface area contributed by atoms with E-state index in [4.69, 9.17) is 10.8 Å². The van der Waals surface area contributed by atoms with Gasteiger partial charge in [0.2, 0.25) is 0 Å². The maximum Gasteiger partial charge on any atom is 0.309 e. The van der Waals surface area contributed by atoms with Crippen molar-refractivity contribution in [2.24, 2.45) is 11.1 Å². The van der Waals surface area contributed by atoms with Gasteiger partial charge in [0.1, 0.15) is 0 Å². The third-order valence-electron chi connectivity index (χ3n) is 3.00. The zero-order valence-electron chi connectivity index (χ0n) is 11.0. The van der Waals surface area contributed by atoms with Gasteiger partial charge in [-0.3, -0.25) is 14.9 Å². The summed E-state index contributed by atoms with van der Waals surface area (Å²) >= 11 is 0. The Hall–Kier alpha value is -1.95. The van der Waals surface area contributed by atoms with Gasteiger partial charge in [0.05, 0.1) is 10.3 Å². The number of non-ortho nitro benzene ring substituents is 1. The van der Waals surface area contributed by atoms with Crippen LogP contribution >= 0.6 is 0 Å². The lowest BCUT2D eigenvalue weighted by Gasteiger charge is -2.23. The molecule has 19 heavy (non-hydrogen) atoms. The Morgan fingerprint density at radius 1 is 1.42 bits per heavy atom. The van der Waals surface area contributed by atoms with E-state index in [1.165, 1.54) is 12.1 Å². The Labute approximate surface area is 111 Å². The van der Waals surface area contributed by atoms with Crippen LogP contribution in [0.4, 0.5) is 5.69 Å². The molecule has 6 nitrogen and oxygen atoms in total. The quantitative estimate of drug-likeness (QED) is 0.604. The minimum absolute atomic E-state index is 0.0307. The van der Waals surface area contributed by atoms with Gasteiger partial charge in [-0.15, -0.1) is 0 Å². The Kier molecular flexibility index (Phi) is 4.61. The predicted octanol–water partition coefficient (Wildman–Crippen LogP) is 1.97. The van der Waals surface area contributed by atoms with Gasteiger partial charge in [-0.05, 0) is 32.3 Å². The molecule has 6 heteroatoms. The SMILES string of the molecule is CC(C)(C[C@H](N)Cc1ccc([N+](=O)[O-])cc1)C(=O)O. The maximum absolute atomic E-state index is 11.0. The molecule has 0 amide bonds. The van der Waals surface area contributed by atoms with Crippen molar-refractivity contribution in [2.45, 2.75) is 32.7 Å².